The minimum atomic E-state index is -3.19. The number of pyridine rings is 1. The van der Waals surface area contributed by atoms with Gasteiger partial charge in [0.05, 0.1) is 11.1 Å². The number of aromatic nitrogens is 1. The first-order valence-electron chi connectivity index (χ1n) is 8.45. The van der Waals surface area contributed by atoms with Crippen molar-refractivity contribution in [2.24, 2.45) is 0 Å². The number of aromatic carboxylic acids is 1. The Kier molecular flexibility index (Phi) is 5.63. The molecular formula is C21H15F3N2O3. The molecule has 3 aromatic rings. The molecule has 5 nitrogen and oxygen atoms in total. The van der Waals surface area contributed by atoms with Crippen molar-refractivity contribution in [3.8, 4) is 0 Å². The largest absolute Gasteiger partial charge is 0.478 e. The molecule has 2 aromatic carbocycles. The molecule has 0 saturated heterocycles. The Bertz CT molecular complexity index is 1140. The number of halogens is 3. The van der Waals surface area contributed by atoms with Crippen molar-refractivity contribution >= 4 is 34.5 Å². The molecular weight excluding hydrogens is 385 g/mol. The number of carbonyl (C=O) groups is 2. The van der Waals surface area contributed by atoms with E-state index >= 15 is 0 Å². The number of amides is 1. The molecule has 29 heavy (non-hydrogen) atoms. The average Bonchev–Trinajstić information content (AvgIpc) is 2.67. The number of rotatable bonds is 5. The lowest BCUT2D eigenvalue weighted by molar-refractivity contribution is 0.0696. The quantitative estimate of drug-likeness (QED) is 0.627. The van der Waals surface area contributed by atoms with Gasteiger partial charge in [-0.3, -0.25) is 9.78 Å². The van der Waals surface area contributed by atoms with Crippen LogP contribution < -0.4 is 5.32 Å². The highest BCUT2D eigenvalue weighted by Gasteiger charge is 2.13. The van der Waals surface area contributed by atoms with Crippen molar-refractivity contribution < 1.29 is 27.9 Å². The second kappa shape index (κ2) is 8.14. The zero-order chi connectivity index (χ0) is 21.1. The fraction of sp³-hybridized carbons (Fsp3) is 0.0952. The van der Waals surface area contributed by atoms with Crippen LogP contribution in [0.3, 0.4) is 0 Å². The summed E-state index contributed by atoms with van der Waals surface area (Å²) in [6.07, 6.45) is -1.24. The second-order valence-corrected chi connectivity index (χ2v) is 6.30. The van der Waals surface area contributed by atoms with Gasteiger partial charge in [-0.05, 0) is 48.4 Å². The van der Waals surface area contributed by atoms with Crippen LogP contribution in [0.25, 0.3) is 17.0 Å². The Hall–Kier alpha value is -3.68. The highest BCUT2D eigenvalue weighted by molar-refractivity contribution is 6.06. The van der Waals surface area contributed by atoms with Crippen LogP contribution in [0, 0.1) is 6.92 Å². The SMILES string of the molecule is Cc1cc(/C=C(/F)C(F)F)ccc1C(=O)Nc1ccc2cc(C(=O)O)cnc2c1. The van der Waals surface area contributed by atoms with Gasteiger partial charge >= 0.3 is 5.97 Å². The van der Waals surface area contributed by atoms with E-state index in [2.05, 4.69) is 10.3 Å². The zero-order valence-electron chi connectivity index (χ0n) is 15.1. The summed E-state index contributed by atoms with van der Waals surface area (Å²) in [4.78, 5) is 27.6. The number of carboxylic acids is 1. The van der Waals surface area contributed by atoms with Crippen molar-refractivity contribution in [1.29, 1.82) is 0 Å². The van der Waals surface area contributed by atoms with Crippen LogP contribution >= 0.6 is 0 Å². The van der Waals surface area contributed by atoms with Gasteiger partial charge in [-0.15, -0.1) is 0 Å². The number of nitrogens with zero attached hydrogens (tertiary/aromatic N) is 1. The van der Waals surface area contributed by atoms with Gasteiger partial charge in [-0.1, -0.05) is 18.2 Å². The minimum absolute atomic E-state index is 0.0577. The first-order chi connectivity index (χ1) is 13.7. The Morgan fingerprint density at radius 1 is 1.14 bits per heavy atom. The molecule has 0 atom stereocenters. The predicted molar refractivity (Wildman–Crippen MR) is 103 cm³/mol. The molecule has 0 aliphatic carbocycles. The number of hydrogen-bond acceptors (Lipinski definition) is 3. The Morgan fingerprint density at radius 3 is 2.55 bits per heavy atom. The minimum Gasteiger partial charge on any atom is -0.478 e. The summed E-state index contributed by atoms with van der Waals surface area (Å²) >= 11 is 0. The van der Waals surface area contributed by atoms with Gasteiger partial charge < -0.3 is 10.4 Å². The Morgan fingerprint density at radius 2 is 1.90 bits per heavy atom. The molecule has 0 aliphatic heterocycles. The normalized spacial score (nSPS) is 11.7. The maximum Gasteiger partial charge on any atom is 0.337 e. The van der Waals surface area contributed by atoms with Crippen molar-refractivity contribution in [3.05, 3.63) is 76.7 Å². The first kappa shape index (κ1) is 20.1. The number of allylic oxidation sites excluding steroid dienone is 1. The van der Waals surface area contributed by atoms with Gasteiger partial charge in [-0.2, -0.15) is 0 Å². The fourth-order valence-electron chi connectivity index (χ4n) is 2.77. The highest BCUT2D eigenvalue weighted by atomic mass is 19.3. The molecule has 0 unspecified atom stereocenters. The van der Waals surface area contributed by atoms with E-state index in [1.54, 1.807) is 25.1 Å². The highest BCUT2D eigenvalue weighted by Crippen LogP contribution is 2.21. The maximum absolute atomic E-state index is 13.1. The molecule has 0 aliphatic rings. The van der Waals surface area contributed by atoms with E-state index in [-0.39, 0.29) is 11.1 Å². The monoisotopic (exact) mass is 400 g/mol. The van der Waals surface area contributed by atoms with Crippen LogP contribution in [0.15, 0.2) is 54.5 Å². The summed E-state index contributed by atoms with van der Waals surface area (Å²) in [5, 5.41) is 12.3. The van der Waals surface area contributed by atoms with E-state index in [1.165, 1.54) is 30.5 Å². The summed E-state index contributed by atoms with van der Waals surface area (Å²) in [7, 11) is 0. The number of aryl methyl sites for hydroxylation is 1. The lowest BCUT2D eigenvalue weighted by Crippen LogP contribution is -2.13. The van der Waals surface area contributed by atoms with Crippen molar-refractivity contribution in [3.63, 3.8) is 0 Å². The van der Waals surface area contributed by atoms with Crippen LogP contribution in [0.2, 0.25) is 0 Å². The third-order valence-electron chi connectivity index (χ3n) is 4.20. The molecule has 0 fully saturated rings. The Balaban J connectivity index is 1.81. The maximum atomic E-state index is 13.1. The fourth-order valence-corrected chi connectivity index (χ4v) is 2.77. The summed E-state index contributed by atoms with van der Waals surface area (Å²) < 4.78 is 37.7. The van der Waals surface area contributed by atoms with Crippen LogP contribution in [-0.4, -0.2) is 28.4 Å². The van der Waals surface area contributed by atoms with Crippen molar-refractivity contribution in [2.75, 3.05) is 5.32 Å². The predicted octanol–water partition coefficient (Wildman–Crippen LogP) is 5.07. The van der Waals surface area contributed by atoms with Gasteiger partial charge in [0.1, 0.15) is 0 Å². The van der Waals surface area contributed by atoms with E-state index in [4.69, 9.17) is 5.11 Å². The van der Waals surface area contributed by atoms with Crippen LogP contribution in [-0.2, 0) is 0 Å². The first-order valence-corrected chi connectivity index (χ1v) is 8.45. The summed E-state index contributed by atoms with van der Waals surface area (Å²) in [5.41, 5.74) is 2.03. The average molecular weight is 400 g/mol. The van der Waals surface area contributed by atoms with Gasteiger partial charge in [0.15, 0.2) is 5.83 Å². The molecule has 1 heterocycles. The Labute approximate surface area is 163 Å². The van der Waals surface area contributed by atoms with E-state index in [1.807, 2.05) is 0 Å². The van der Waals surface area contributed by atoms with Crippen molar-refractivity contribution in [1.82, 2.24) is 4.98 Å². The molecule has 2 N–H and O–H groups in total. The number of hydrogen-bond donors (Lipinski definition) is 2. The molecule has 0 spiro atoms. The number of carbonyl (C=O) groups excluding carboxylic acids is 1. The molecule has 0 radical (unpaired) electrons. The summed E-state index contributed by atoms with van der Waals surface area (Å²) in [6.45, 7) is 1.61. The lowest BCUT2D eigenvalue weighted by Gasteiger charge is -2.09. The van der Waals surface area contributed by atoms with Crippen molar-refractivity contribution in [2.45, 2.75) is 13.3 Å². The van der Waals surface area contributed by atoms with Crippen LogP contribution in [0.1, 0.15) is 31.8 Å². The van der Waals surface area contributed by atoms with Crippen LogP contribution in [0.4, 0.5) is 18.9 Å². The molecule has 8 heteroatoms. The summed E-state index contributed by atoms with van der Waals surface area (Å²) in [5.74, 6) is -3.07. The van der Waals surface area contributed by atoms with Gasteiger partial charge in [0.25, 0.3) is 12.3 Å². The molecule has 1 aromatic heterocycles. The lowest BCUT2D eigenvalue weighted by atomic mass is 10.0. The number of alkyl halides is 2. The molecule has 0 bridgehead atoms. The number of benzene rings is 2. The standard InChI is InChI=1S/C21H15F3N2O3/c1-11-6-12(7-17(22)19(23)24)2-5-16(11)20(27)26-15-4-3-13-8-14(21(28)29)10-25-18(13)9-15/h2-10,19H,1H3,(H,26,27)(H,28,29)/b17-7+. The molecule has 148 valence electrons. The summed E-state index contributed by atoms with van der Waals surface area (Å²) in [6, 6.07) is 10.6. The molecule has 0 saturated carbocycles. The third-order valence-corrected chi connectivity index (χ3v) is 4.20. The second-order valence-electron chi connectivity index (χ2n) is 6.30. The van der Waals surface area contributed by atoms with E-state index < -0.39 is 24.1 Å². The smallest absolute Gasteiger partial charge is 0.337 e. The number of carboxylic acid groups (broad SMARTS) is 1. The number of fused-ring (bicyclic) bond motifs is 1. The molecule has 1 amide bonds. The van der Waals surface area contributed by atoms with Gasteiger partial charge in [0, 0.05) is 22.8 Å². The van der Waals surface area contributed by atoms with E-state index in [9.17, 15) is 22.8 Å². The number of anilines is 1. The third kappa shape index (κ3) is 4.60. The molecule has 3 rings (SSSR count). The van der Waals surface area contributed by atoms with Gasteiger partial charge in [0.2, 0.25) is 0 Å². The van der Waals surface area contributed by atoms with E-state index in [0.29, 0.717) is 27.7 Å². The topological polar surface area (TPSA) is 79.3 Å². The number of nitrogens with one attached hydrogen (secondary N) is 1. The van der Waals surface area contributed by atoms with E-state index in [0.717, 1.165) is 6.08 Å². The van der Waals surface area contributed by atoms with Crippen LogP contribution in [0.5, 0.6) is 0 Å². The zero-order valence-corrected chi connectivity index (χ0v) is 15.1. The van der Waals surface area contributed by atoms with Gasteiger partial charge in [-0.25, -0.2) is 18.0 Å².